The molecule has 0 saturated heterocycles. The largest absolute Gasteiger partial charge is 0.478 e. The smallest absolute Gasteiger partial charge is 0.337 e. The second kappa shape index (κ2) is 8.88. The van der Waals surface area contributed by atoms with Crippen molar-refractivity contribution in [1.29, 1.82) is 0 Å². The number of aryl methyl sites for hydroxylation is 2. The molecule has 0 amide bonds. The Balaban J connectivity index is 1.58. The van der Waals surface area contributed by atoms with Crippen molar-refractivity contribution in [3.8, 4) is 22.5 Å². The first-order valence-corrected chi connectivity index (χ1v) is 11.9. The molecule has 0 aliphatic carbocycles. The van der Waals surface area contributed by atoms with Crippen LogP contribution in [0.5, 0.6) is 0 Å². The highest BCUT2D eigenvalue weighted by atomic mass is 32.1. The first-order valence-electron chi connectivity index (χ1n) is 11.1. The molecule has 7 nitrogen and oxygen atoms in total. The van der Waals surface area contributed by atoms with Gasteiger partial charge in [0.25, 0.3) is 0 Å². The Kier molecular flexibility index (Phi) is 5.74. The maximum Gasteiger partial charge on any atom is 0.337 e. The number of anilines is 1. The van der Waals surface area contributed by atoms with Crippen LogP contribution in [0.25, 0.3) is 32.7 Å². The third kappa shape index (κ3) is 4.24. The Labute approximate surface area is 205 Å². The Morgan fingerprint density at radius 2 is 1.89 bits per heavy atom. The van der Waals surface area contributed by atoms with E-state index < -0.39 is 5.97 Å². The number of fused-ring (bicyclic) bond motifs is 1. The first-order chi connectivity index (χ1) is 16.8. The van der Waals surface area contributed by atoms with Crippen LogP contribution in [0.2, 0.25) is 0 Å². The van der Waals surface area contributed by atoms with Crippen LogP contribution in [-0.4, -0.2) is 20.9 Å². The summed E-state index contributed by atoms with van der Waals surface area (Å²) in [4.78, 5) is 25.6. The minimum Gasteiger partial charge on any atom is -0.478 e. The Morgan fingerprint density at radius 1 is 1.11 bits per heavy atom. The topological polar surface area (TPSA) is 97.4 Å². The van der Waals surface area contributed by atoms with Crippen molar-refractivity contribution in [3.05, 3.63) is 93.2 Å². The molecule has 3 heterocycles. The van der Waals surface area contributed by atoms with Gasteiger partial charge in [0.1, 0.15) is 10.5 Å². The zero-order valence-corrected chi connectivity index (χ0v) is 20.2. The van der Waals surface area contributed by atoms with Crippen molar-refractivity contribution >= 4 is 33.3 Å². The molecule has 0 fully saturated rings. The van der Waals surface area contributed by atoms with Gasteiger partial charge in [-0.05, 0) is 37.6 Å². The molecule has 5 aromatic rings. The lowest BCUT2D eigenvalue weighted by Crippen LogP contribution is -2.11. The van der Waals surface area contributed by atoms with Crippen molar-refractivity contribution in [1.82, 2.24) is 9.78 Å². The number of benzene rings is 2. The standard InChI is InChI=1S/C27H23N3O4S/c1-15(29-21-10-5-4-9-20(21)27(32)33)24-16(2)35-26-22(31)12-23(34-25(24)26)18-8-6-7-17(11-18)19-13-28-30(3)14-19/h4-15,29H,1-3H3,(H,32,33). The van der Waals surface area contributed by atoms with Crippen LogP contribution in [0.4, 0.5) is 5.69 Å². The van der Waals surface area contributed by atoms with Gasteiger partial charge in [-0.3, -0.25) is 9.48 Å². The van der Waals surface area contributed by atoms with Crippen LogP contribution < -0.4 is 10.7 Å². The molecule has 0 bridgehead atoms. The van der Waals surface area contributed by atoms with Crippen molar-refractivity contribution in [2.45, 2.75) is 19.9 Å². The van der Waals surface area contributed by atoms with Gasteiger partial charge in [0.05, 0.1) is 17.8 Å². The molecule has 5 rings (SSSR count). The molecule has 0 aliphatic heterocycles. The van der Waals surface area contributed by atoms with E-state index in [1.54, 1.807) is 35.1 Å². The minimum atomic E-state index is -1.01. The van der Waals surface area contributed by atoms with Gasteiger partial charge in [0, 0.05) is 46.6 Å². The van der Waals surface area contributed by atoms with Crippen LogP contribution >= 0.6 is 11.3 Å². The molecule has 2 N–H and O–H groups in total. The van der Waals surface area contributed by atoms with E-state index in [0.29, 0.717) is 21.7 Å². The van der Waals surface area contributed by atoms with E-state index in [4.69, 9.17) is 4.42 Å². The number of carboxylic acid groups (broad SMARTS) is 1. The average molecular weight is 486 g/mol. The zero-order chi connectivity index (χ0) is 24.7. The fourth-order valence-electron chi connectivity index (χ4n) is 4.29. The molecule has 1 unspecified atom stereocenters. The van der Waals surface area contributed by atoms with Crippen LogP contribution in [0, 0.1) is 6.92 Å². The Morgan fingerprint density at radius 3 is 2.63 bits per heavy atom. The highest BCUT2D eigenvalue weighted by molar-refractivity contribution is 7.19. The number of aromatic carboxylic acids is 1. The molecule has 0 aliphatic rings. The summed E-state index contributed by atoms with van der Waals surface area (Å²) in [5.41, 5.74) is 4.68. The lowest BCUT2D eigenvalue weighted by molar-refractivity contribution is 0.0698. The summed E-state index contributed by atoms with van der Waals surface area (Å²) >= 11 is 1.39. The lowest BCUT2D eigenvalue weighted by Gasteiger charge is -2.17. The fraction of sp³-hybridized carbons (Fsp3) is 0.148. The average Bonchev–Trinajstić information content (AvgIpc) is 3.42. The lowest BCUT2D eigenvalue weighted by atomic mass is 10.0. The summed E-state index contributed by atoms with van der Waals surface area (Å²) < 4.78 is 8.63. The number of rotatable bonds is 6. The van der Waals surface area contributed by atoms with E-state index in [1.165, 1.54) is 17.4 Å². The number of hydrogen-bond donors (Lipinski definition) is 2. The second-order valence-electron chi connectivity index (χ2n) is 8.41. The number of carbonyl (C=O) groups is 1. The number of para-hydroxylation sites is 1. The van der Waals surface area contributed by atoms with Crippen molar-refractivity contribution < 1.29 is 14.3 Å². The van der Waals surface area contributed by atoms with Crippen LogP contribution in [0.15, 0.2) is 76.2 Å². The van der Waals surface area contributed by atoms with Crippen molar-refractivity contribution in [2.24, 2.45) is 7.05 Å². The number of nitrogens with one attached hydrogen (secondary N) is 1. The summed E-state index contributed by atoms with van der Waals surface area (Å²) in [5.74, 6) is -0.528. The SMILES string of the molecule is Cc1sc2c(=O)cc(-c3cccc(-c4cnn(C)c4)c3)oc2c1C(C)Nc1ccccc1C(=O)O. The maximum absolute atomic E-state index is 13.1. The number of nitrogens with zero attached hydrogens (tertiary/aromatic N) is 2. The van der Waals surface area contributed by atoms with Gasteiger partial charge in [0.2, 0.25) is 5.43 Å². The Bertz CT molecular complexity index is 1630. The van der Waals surface area contributed by atoms with Crippen molar-refractivity contribution in [2.75, 3.05) is 5.32 Å². The maximum atomic E-state index is 13.1. The van der Waals surface area contributed by atoms with Gasteiger partial charge in [-0.2, -0.15) is 5.10 Å². The molecule has 0 radical (unpaired) electrons. The normalized spacial score (nSPS) is 12.1. The predicted molar refractivity (Wildman–Crippen MR) is 138 cm³/mol. The number of thiophene rings is 1. The molecule has 1 atom stereocenters. The highest BCUT2D eigenvalue weighted by Crippen LogP contribution is 2.37. The molecule has 176 valence electrons. The van der Waals surface area contributed by atoms with E-state index in [1.807, 2.05) is 51.4 Å². The van der Waals surface area contributed by atoms with E-state index in [0.717, 1.165) is 27.1 Å². The molecular weight excluding hydrogens is 462 g/mol. The monoisotopic (exact) mass is 485 g/mol. The molecule has 0 spiro atoms. The molecule has 0 saturated carbocycles. The van der Waals surface area contributed by atoms with Gasteiger partial charge in [-0.15, -0.1) is 11.3 Å². The van der Waals surface area contributed by atoms with Crippen molar-refractivity contribution in [3.63, 3.8) is 0 Å². The van der Waals surface area contributed by atoms with E-state index in [2.05, 4.69) is 10.4 Å². The van der Waals surface area contributed by atoms with Crippen LogP contribution in [-0.2, 0) is 7.05 Å². The number of aromatic nitrogens is 2. The number of hydrogen-bond acceptors (Lipinski definition) is 6. The third-order valence-electron chi connectivity index (χ3n) is 5.93. The highest BCUT2D eigenvalue weighted by Gasteiger charge is 2.22. The second-order valence-corrected chi connectivity index (χ2v) is 9.63. The summed E-state index contributed by atoms with van der Waals surface area (Å²) in [6.07, 6.45) is 3.72. The van der Waals surface area contributed by atoms with Gasteiger partial charge in [-0.25, -0.2) is 4.79 Å². The van der Waals surface area contributed by atoms with E-state index in [9.17, 15) is 14.7 Å². The van der Waals surface area contributed by atoms with E-state index >= 15 is 0 Å². The molecule has 2 aromatic carbocycles. The third-order valence-corrected chi connectivity index (χ3v) is 7.05. The van der Waals surface area contributed by atoms with E-state index in [-0.39, 0.29) is 17.0 Å². The van der Waals surface area contributed by atoms with Gasteiger partial charge in [-0.1, -0.05) is 30.3 Å². The first kappa shape index (κ1) is 22.6. The molecule has 3 aromatic heterocycles. The van der Waals surface area contributed by atoms with Crippen LogP contribution in [0.1, 0.15) is 33.8 Å². The molecule has 8 heteroatoms. The van der Waals surface area contributed by atoms with Gasteiger partial charge < -0.3 is 14.8 Å². The zero-order valence-electron chi connectivity index (χ0n) is 19.4. The summed E-state index contributed by atoms with van der Waals surface area (Å²) in [5, 5.41) is 17.1. The molecule has 35 heavy (non-hydrogen) atoms. The minimum absolute atomic E-state index is 0.106. The molecular formula is C27H23N3O4S. The summed E-state index contributed by atoms with van der Waals surface area (Å²) in [6.45, 7) is 3.88. The van der Waals surface area contributed by atoms with Gasteiger partial charge in [0.15, 0.2) is 5.58 Å². The Hall–Kier alpha value is -4.17. The summed E-state index contributed by atoms with van der Waals surface area (Å²) in [7, 11) is 1.87. The predicted octanol–water partition coefficient (Wildman–Crippen LogP) is 6.10. The number of carboxylic acids is 1. The van der Waals surface area contributed by atoms with Gasteiger partial charge >= 0.3 is 5.97 Å². The quantitative estimate of drug-likeness (QED) is 0.302. The fourth-order valence-corrected chi connectivity index (χ4v) is 5.38. The van der Waals surface area contributed by atoms with Crippen LogP contribution in [0.3, 0.4) is 0 Å². The summed E-state index contributed by atoms with van der Waals surface area (Å²) in [6, 6.07) is 15.8.